The van der Waals surface area contributed by atoms with Gasteiger partial charge in [0.25, 0.3) is 6.47 Å². The minimum Gasteiger partial charge on any atom is -0.468 e. The number of nitrogens with zero attached hydrogens (tertiary/aromatic N) is 1. The Labute approximate surface area is 71.9 Å². The summed E-state index contributed by atoms with van der Waals surface area (Å²) in [6, 6.07) is 1.97. The summed E-state index contributed by atoms with van der Waals surface area (Å²) in [5.41, 5.74) is 1.19. The molecular weight excluding hydrogens is 156 g/mol. The summed E-state index contributed by atoms with van der Waals surface area (Å²) in [5, 5.41) is 6.60. The predicted molar refractivity (Wildman–Crippen MR) is 45.7 cm³/mol. The van der Waals surface area contributed by atoms with Crippen LogP contribution >= 0.6 is 0 Å². The van der Waals surface area contributed by atoms with E-state index in [0.717, 1.165) is 6.42 Å². The smallest absolute Gasteiger partial charge is 0.293 e. The van der Waals surface area contributed by atoms with Crippen molar-refractivity contribution in [3.8, 4) is 0 Å². The van der Waals surface area contributed by atoms with Crippen molar-refractivity contribution in [1.82, 2.24) is 10.2 Å². The highest BCUT2D eigenvalue weighted by molar-refractivity contribution is 5.36. The number of aromatic nitrogens is 2. The van der Waals surface area contributed by atoms with Crippen molar-refractivity contribution in [2.75, 3.05) is 6.61 Å². The van der Waals surface area contributed by atoms with Gasteiger partial charge in [-0.1, -0.05) is 6.92 Å². The lowest BCUT2D eigenvalue weighted by Crippen LogP contribution is -1.80. The Morgan fingerprint density at radius 2 is 2.42 bits per heavy atom. The number of H-pyrrole nitrogens is 1. The van der Waals surface area contributed by atoms with Crippen LogP contribution in [0.5, 0.6) is 0 Å². The second-order valence-electron chi connectivity index (χ2n) is 1.99. The predicted octanol–water partition coefficient (Wildman–Crippen LogP) is 1.15. The Balaban J connectivity index is 0.000000217. The van der Waals surface area contributed by atoms with Gasteiger partial charge < -0.3 is 4.74 Å². The van der Waals surface area contributed by atoms with Gasteiger partial charge in [0.05, 0.1) is 6.61 Å². The van der Waals surface area contributed by atoms with Crippen molar-refractivity contribution < 1.29 is 9.53 Å². The monoisotopic (exact) mass is 170 g/mol. The average molecular weight is 170 g/mol. The second-order valence-corrected chi connectivity index (χ2v) is 1.99. The molecule has 0 saturated heterocycles. The first-order chi connectivity index (χ1) is 5.85. The van der Waals surface area contributed by atoms with Gasteiger partial charge in [0, 0.05) is 11.9 Å². The molecule has 0 spiro atoms. The van der Waals surface area contributed by atoms with Gasteiger partial charge in [-0.25, -0.2) is 0 Å². The average Bonchev–Trinajstić information content (AvgIpc) is 2.58. The third-order valence-electron chi connectivity index (χ3n) is 1.17. The van der Waals surface area contributed by atoms with E-state index in [1.54, 1.807) is 13.1 Å². The molecule has 0 fully saturated rings. The summed E-state index contributed by atoms with van der Waals surface area (Å²) in [6.07, 6.45) is 2.80. The summed E-state index contributed by atoms with van der Waals surface area (Å²) < 4.78 is 4.15. The number of aromatic amines is 1. The van der Waals surface area contributed by atoms with Gasteiger partial charge in [-0.2, -0.15) is 5.10 Å². The molecule has 0 unspecified atom stereocenters. The van der Waals surface area contributed by atoms with Crippen LogP contribution in [0.4, 0.5) is 0 Å². The summed E-state index contributed by atoms with van der Waals surface area (Å²) in [6.45, 7) is 4.76. The van der Waals surface area contributed by atoms with Crippen LogP contribution in [0.1, 0.15) is 19.5 Å². The molecule has 1 N–H and O–H groups in total. The molecule has 0 aliphatic rings. The molecule has 0 radical (unpaired) electrons. The van der Waals surface area contributed by atoms with E-state index in [4.69, 9.17) is 0 Å². The molecule has 1 aromatic heterocycles. The number of hydrogen-bond acceptors (Lipinski definition) is 3. The van der Waals surface area contributed by atoms with Crippen molar-refractivity contribution in [2.24, 2.45) is 0 Å². The lowest BCUT2D eigenvalue weighted by molar-refractivity contribution is -0.128. The maximum Gasteiger partial charge on any atom is 0.293 e. The molecule has 1 aromatic rings. The number of aryl methyl sites for hydroxylation is 1. The SMILES string of the molecule is CCOC=O.CCc1ccn[nH]1. The molecule has 1 rings (SSSR count). The fourth-order valence-corrected chi connectivity index (χ4v) is 0.550. The van der Waals surface area contributed by atoms with Crippen LogP contribution in [0.3, 0.4) is 0 Å². The molecule has 4 nitrogen and oxygen atoms in total. The normalized spacial score (nSPS) is 8.17. The Morgan fingerprint density at radius 1 is 1.67 bits per heavy atom. The molecule has 0 aliphatic carbocycles. The van der Waals surface area contributed by atoms with Gasteiger partial charge in [0.15, 0.2) is 0 Å². The van der Waals surface area contributed by atoms with Gasteiger partial charge in [-0.05, 0) is 19.4 Å². The highest BCUT2D eigenvalue weighted by atomic mass is 16.5. The third-order valence-corrected chi connectivity index (χ3v) is 1.17. The Morgan fingerprint density at radius 3 is 2.58 bits per heavy atom. The van der Waals surface area contributed by atoms with Gasteiger partial charge >= 0.3 is 0 Å². The van der Waals surface area contributed by atoms with Crippen molar-refractivity contribution in [1.29, 1.82) is 0 Å². The van der Waals surface area contributed by atoms with Crippen LogP contribution < -0.4 is 0 Å². The van der Waals surface area contributed by atoms with E-state index in [2.05, 4.69) is 21.9 Å². The minimum absolute atomic E-state index is 0.431. The summed E-state index contributed by atoms with van der Waals surface area (Å²) in [4.78, 5) is 9.18. The minimum atomic E-state index is 0.431. The van der Waals surface area contributed by atoms with E-state index in [1.807, 2.05) is 6.07 Å². The highest BCUT2D eigenvalue weighted by Gasteiger charge is 1.82. The van der Waals surface area contributed by atoms with E-state index >= 15 is 0 Å². The Kier molecular flexibility index (Phi) is 6.93. The maximum atomic E-state index is 9.18. The molecule has 4 heteroatoms. The van der Waals surface area contributed by atoms with E-state index < -0.39 is 0 Å². The first kappa shape index (κ1) is 10.7. The molecular formula is C8H14N2O2. The van der Waals surface area contributed by atoms with Crippen LogP contribution in [0.15, 0.2) is 12.3 Å². The zero-order chi connectivity index (χ0) is 9.23. The van der Waals surface area contributed by atoms with E-state index in [0.29, 0.717) is 13.1 Å². The van der Waals surface area contributed by atoms with Gasteiger partial charge in [-0.3, -0.25) is 9.89 Å². The number of nitrogens with one attached hydrogen (secondary N) is 1. The van der Waals surface area contributed by atoms with Crippen LogP contribution in [0, 0.1) is 0 Å². The zero-order valence-corrected chi connectivity index (χ0v) is 7.41. The summed E-state index contributed by atoms with van der Waals surface area (Å²) >= 11 is 0. The quantitative estimate of drug-likeness (QED) is 0.692. The van der Waals surface area contributed by atoms with Gasteiger partial charge in [0.1, 0.15) is 0 Å². The molecule has 0 aromatic carbocycles. The van der Waals surface area contributed by atoms with Crippen molar-refractivity contribution in [3.63, 3.8) is 0 Å². The number of ether oxygens (including phenoxy) is 1. The van der Waals surface area contributed by atoms with Crippen molar-refractivity contribution in [3.05, 3.63) is 18.0 Å². The Hall–Kier alpha value is -1.32. The molecule has 0 saturated carbocycles. The largest absolute Gasteiger partial charge is 0.468 e. The molecule has 0 atom stereocenters. The first-order valence-electron chi connectivity index (χ1n) is 3.88. The van der Waals surface area contributed by atoms with Crippen LogP contribution in [-0.2, 0) is 16.0 Å². The van der Waals surface area contributed by atoms with Crippen molar-refractivity contribution in [2.45, 2.75) is 20.3 Å². The standard InChI is InChI=1S/C5H8N2.C3H6O2/c1-2-5-3-4-6-7-5;1-2-5-3-4/h3-4H,2H2,1H3,(H,6,7);3H,2H2,1H3. The number of hydrogen-bond donors (Lipinski definition) is 1. The topological polar surface area (TPSA) is 55.0 Å². The first-order valence-corrected chi connectivity index (χ1v) is 3.88. The van der Waals surface area contributed by atoms with E-state index in [-0.39, 0.29) is 0 Å². The lowest BCUT2D eigenvalue weighted by Gasteiger charge is -1.79. The lowest BCUT2D eigenvalue weighted by atomic mass is 10.4. The van der Waals surface area contributed by atoms with Gasteiger partial charge in [-0.15, -0.1) is 0 Å². The molecule has 12 heavy (non-hydrogen) atoms. The summed E-state index contributed by atoms with van der Waals surface area (Å²) in [5.74, 6) is 0. The van der Waals surface area contributed by atoms with E-state index in [9.17, 15) is 4.79 Å². The molecule has 0 aliphatic heterocycles. The molecule has 68 valence electrons. The van der Waals surface area contributed by atoms with Crippen LogP contribution in [-0.4, -0.2) is 23.3 Å². The molecule has 0 amide bonds. The summed E-state index contributed by atoms with van der Waals surface area (Å²) in [7, 11) is 0. The van der Waals surface area contributed by atoms with Crippen LogP contribution in [0.2, 0.25) is 0 Å². The number of rotatable bonds is 3. The number of carbonyl (C=O) groups excluding carboxylic acids is 1. The fourth-order valence-electron chi connectivity index (χ4n) is 0.550. The van der Waals surface area contributed by atoms with Gasteiger partial charge in [0.2, 0.25) is 0 Å². The van der Waals surface area contributed by atoms with Crippen LogP contribution in [0.25, 0.3) is 0 Å². The Bertz CT molecular complexity index is 185. The number of carbonyl (C=O) groups is 1. The van der Waals surface area contributed by atoms with Crippen molar-refractivity contribution >= 4 is 6.47 Å². The fraction of sp³-hybridized carbons (Fsp3) is 0.500. The molecule has 0 bridgehead atoms. The zero-order valence-electron chi connectivity index (χ0n) is 7.41. The maximum absolute atomic E-state index is 9.18. The van der Waals surface area contributed by atoms with E-state index in [1.165, 1.54) is 5.69 Å². The third kappa shape index (κ3) is 5.46. The second kappa shape index (κ2) is 7.78. The highest BCUT2D eigenvalue weighted by Crippen LogP contribution is 1.88. The molecule has 1 heterocycles.